The number of aryl methyl sites for hydroxylation is 2. The molecule has 1 nitrogen and oxygen atoms in total. The SMILES string of the molecule is CCCCCCCc1ccccc1C(OC(c1ccccc1)c1ccccc1CCCCCCC)c1ccccc1. The molecule has 0 aliphatic heterocycles. The monoisotopic (exact) mass is 546 g/mol. The van der Waals surface area contributed by atoms with E-state index in [0.717, 1.165) is 12.8 Å². The van der Waals surface area contributed by atoms with E-state index < -0.39 is 0 Å². The summed E-state index contributed by atoms with van der Waals surface area (Å²) in [4.78, 5) is 0. The highest BCUT2D eigenvalue weighted by atomic mass is 16.5. The Morgan fingerprint density at radius 3 is 1.20 bits per heavy atom. The largest absolute Gasteiger partial charge is 0.356 e. The molecule has 0 radical (unpaired) electrons. The molecular weight excluding hydrogens is 496 g/mol. The van der Waals surface area contributed by atoms with Crippen molar-refractivity contribution in [2.24, 2.45) is 0 Å². The van der Waals surface area contributed by atoms with Crippen molar-refractivity contribution in [1.29, 1.82) is 0 Å². The minimum Gasteiger partial charge on any atom is -0.356 e. The van der Waals surface area contributed by atoms with Gasteiger partial charge in [0.1, 0.15) is 12.2 Å². The fourth-order valence-corrected chi connectivity index (χ4v) is 5.93. The Morgan fingerprint density at radius 2 is 0.780 bits per heavy atom. The van der Waals surface area contributed by atoms with E-state index in [1.54, 1.807) is 0 Å². The highest BCUT2D eigenvalue weighted by Gasteiger charge is 2.26. The van der Waals surface area contributed by atoms with E-state index >= 15 is 0 Å². The van der Waals surface area contributed by atoms with Gasteiger partial charge in [-0.3, -0.25) is 0 Å². The first-order chi connectivity index (χ1) is 20.3. The topological polar surface area (TPSA) is 9.23 Å². The van der Waals surface area contributed by atoms with Crippen LogP contribution in [0.4, 0.5) is 0 Å². The van der Waals surface area contributed by atoms with Crippen molar-refractivity contribution in [3.05, 3.63) is 143 Å². The van der Waals surface area contributed by atoms with Crippen LogP contribution in [-0.4, -0.2) is 0 Å². The number of ether oxygens (including phenoxy) is 1. The van der Waals surface area contributed by atoms with Gasteiger partial charge in [-0.25, -0.2) is 0 Å². The molecule has 4 aromatic rings. The summed E-state index contributed by atoms with van der Waals surface area (Å²) in [5.74, 6) is 0. The number of hydrogen-bond acceptors (Lipinski definition) is 1. The molecule has 0 saturated carbocycles. The number of benzene rings is 4. The molecule has 0 aromatic heterocycles. The van der Waals surface area contributed by atoms with E-state index in [-0.39, 0.29) is 12.2 Å². The molecule has 0 N–H and O–H groups in total. The fraction of sp³-hybridized carbons (Fsp3) is 0.400. The van der Waals surface area contributed by atoms with Gasteiger partial charge in [-0.05, 0) is 59.1 Å². The molecule has 4 rings (SSSR count). The summed E-state index contributed by atoms with van der Waals surface area (Å²) in [6.45, 7) is 4.57. The predicted molar refractivity (Wildman–Crippen MR) is 175 cm³/mol. The third-order valence-corrected chi connectivity index (χ3v) is 8.25. The lowest BCUT2D eigenvalue weighted by molar-refractivity contribution is 0.0299. The maximum atomic E-state index is 7.37. The molecule has 216 valence electrons. The summed E-state index contributed by atoms with van der Waals surface area (Å²) in [6, 6.07) is 39.6. The van der Waals surface area contributed by atoms with Gasteiger partial charge in [-0.15, -0.1) is 0 Å². The van der Waals surface area contributed by atoms with Crippen LogP contribution in [0, 0.1) is 0 Å². The Balaban J connectivity index is 1.68. The maximum Gasteiger partial charge on any atom is 0.109 e. The summed E-state index contributed by atoms with van der Waals surface area (Å²) < 4.78 is 7.37. The lowest BCUT2D eigenvalue weighted by Crippen LogP contribution is -2.16. The molecule has 41 heavy (non-hydrogen) atoms. The van der Waals surface area contributed by atoms with E-state index in [4.69, 9.17) is 4.74 Å². The zero-order chi connectivity index (χ0) is 28.5. The van der Waals surface area contributed by atoms with Gasteiger partial charge in [0.25, 0.3) is 0 Å². The Kier molecular flexibility index (Phi) is 13.2. The van der Waals surface area contributed by atoms with Crippen molar-refractivity contribution in [2.75, 3.05) is 0 Å². The van der Waals surface area contributed by atoms with Crippen molar-refractivity contribution >= 4 is 0 Å². The van der Waals surface area contributed by atoms with Gasteiger partial charge >= 0.3 is 0 Å². The molecule has 1 heteroatoms. The lowest BCUT2D eigenvalue weighted by Gasteiger charge is -2.29. The second-order valence-electron chi connectivity index (χ2n) is 11.4. The standard InChI is InChI=1S/C40H50O/c1-3-5-7-9-13-23-33-25-19-21-31-37(33)39(35-27-15-11-16-28-35)41-40(36-29-17-12-18-30-36)38-32-22-20-26-34(38)24-14-10-8-6-4-2/h11-12,15-22,25-32,39-40H,3-10,13-14,23-24H2,1-2H3. The lowest BCUT2D eigenvalue weighted by atomic mass is 9.91. The molecule has 2 atom stereocenters. The minimum absolute atomic E-state index is 0.147. The van der Waals surface area contributed by atoms with E-state index in [1.165, 1.54) is 97.6 Å². The summed E-state index contributed by atoms with van der Waals surface area (Å²) in [6.07, 6.45) is 14.8. The molecule has 0 bridgehead atoms. The minimum atomic E-state index is -0.147. The van der Waals surface area contributed by atoms with Crippen LogP contribution in [-0.2, 0) is 17.6 Å². The molecule has 0 aliphatic carbocycles. The molecule has 4 aromatic carbocycles. The molecule has 0 saturated heterocycles. The van der Waals surface area contributed by atoms with Gasteiger partial charge in [0.05, 0.1) is 0 Å². The summed E-state index contributed by atoms with van der Waals surface area (Å²) in [5.41, 5.74) is 7.84. The smallest absolute Gasteiger partial charge is 0.109 e. The van der Waals surface area contributed by atoms with Crippen LogP contribution in [0.25, 0.3) is 0 Å². The zero-order valence-electron chi connectivity index (χ0n) is 25.4. The predicted octanol–water partition coefficient (Wildman–Crippen LogP) is 11.6. The van der Waals surface area contributed by atoms with Gasteiger partial charge in [-0.1, -0.05) is 174 Å². The third-order valence-electron chi connectivity index (χ3n) is 8.25. The van der Waals surface area contributed by atoms with Crippen LogP contribution >= 0.6 is 0 Å². The normalized spacial score (nSPS) is 12.7. The van der Waals surface area contributed by atoms with Crippen molar-refractivity contribution < 1.29 is 4.74 Å². The van der Waals surface area contributed by atoms with Crippen LogP contribution in [0.15, 0.2) is 109 Å². The molecule has 0 amide bonds. The molecule has 0 fully saturated rings. The first kappa shape index (κ1) is 30.8. The fourth-order valence-electron chi connectivity index (χ4n) is 5.93. The summed E-state index contributed by atoms with van der Waals surface area (Å²) in [7, 11) is 0. The molecule has 0 aliphatic rings. The Morgan fingerprint density at radius 1 is 0.415 bits per heavy atom. The van der Waals surface area contributed by atoms with Crippen molar-refractivity contribution in [1.82, 2.24) is 0 Å². The van der Waals surface area contributed by atoms with E-state index in [9.17, 15) is 0 Å². The first-order valence-corrected chi connectivity index (χ1v) is 16.2. The van der Waals surface area contributed by atoms with Gasteiger partial charge in [0, 0.05) is 0 Å². The summed E-state index contributed by atoms with van der Waals surface area (Å²) >= 11 is 0. The van der Waals surface area contributed by atoms with E-state index in [0.29, 0.717) is 0 Å². The molecule has 0 spiro atoms. The first-order valence-electron chi connectivity index (χ1n) is 16.2. The zero-order valence-corrected chi connectivity index (χ0v) is 25.4. The number of rotatable bonds is 18. The highest BCUT2D eigenvalue weighted by molar-refractivity contribution is 5.40. The van der Waals surface area contributed by atoms with Crippen LogP contribution in [0.3, 0.4) is 0 Å². The van der Waals surface area contributed by atoms with Crippen molar-refractivity contribution in [3.8, 4) is 0 Å². The van der Waals surface area contributed by atoms with Gasteiger partial charge < -0.3 is 4.74 Å². The van der Waals surface area contributed by atoms with Crippen LogP contribution in [0.2, 0.25) is 0 Å². The Bertz CT molecular complexity index is 1150. The average molecular weight is 547 g/mol. The second-order valence-corrected chi connectivity index (χ2v) is 11.4. The van der Waals surface area contributed by atoms with Crippen LogP contribution in [0.5, 0.6) is 0 Å². The van der Waals surface area contributed by atoms with Crippen LogP contribution < -0.4 is 0 Å². The highest BCUT2D eigenvalue weighted by Crippen LogP contribution is 2.39. The molecular formula is C40H50O. The average Bonchev–Trinajstić information content (AvgIpc) is 3.03. The van der Waals surface area contributed by atoms with Gasteiger partial charge in [0.2, 0.25) is 0 Å². The Hall–Kier alpha value is -3.16. The second kappa shape index (κ2) is 17.6. The maximum absolute atomic E-state index is 7.37. The third kappa shape index (κ3) is 9.44. The molecule has 2 unspecified atom stereocenters. The van der Waals surface area contributed by atoms with E-state index in [1.807, 2.05) is 0 Å². The van der Waals surface area contributed by atoms with Crippen molar-refractivity contribution in [2.45, 2.75) is 103 Å². The van der Waals surface area contributed by atoms with Crippen LogP contribution in [0.1, 0.15) is 124 Å². The van der Waals surface area contributed by atoms with Gasteiger partial charge in [0.15, 0.2) is 0 Å². The van der Waals surface area contributed by atoms with Crippen molar-refractivity contribution in [3.63, 3.8) is 0 Å². The Labute approximate surface area is 250 Å². The molecule has 0 heterocycles. The van der Waals surface area contributed by atoms with E-state index in [2.05, 4.69) is 123 Å². The number of unbranched alkanes of at least 4 members (excludes halogenated alkanes) is 8. The number of hydrogen-bond donors (Lipinski definition) is 0. The quantitative estimate of drug-likeness (QED) is 0.113. The van der Waals surface area contributed by atoms with Gasteiger partial charge in [-0.2, -0.15) is 0 Å². The summed E-state index contributed by atoms with van der Waals surface area (Å²) in [5, 5.41) is 0.